The van der Waals surface area contributed by atoms with Gasteiger partial charge in [-0.1, -0.05) is 12.1 Å². The Bertz CT molecular complexity index is 437. The lowest BCUT2D eigenvalue weighted by atomic mass is 10.2. The molecule has 0 aliphatic carbocycles. The molecule has 0 aliphatic heterocycles. The van der Waals surface area contributed by atoms with Gasteiger partial charge in [-0.05, 0) is 24.6 Å². The number of ether oxygens (including phenoxy) is 2. The van der Waals surface area contributed by atoms with Crippen LogP contribution >= 0.6 is 0 Å². The lowest BCUT2D eigenvalue weighted by Gasteiger charge is -2.09. The topological polar surface area (TPSA) is 72.8 Å². The predicted molar refractivity (Wildman–Crippen MR) is 63.7 cm³/mol. The summed E-state index contributed by atoms with van der Waals surface area (Å²) in [6, 6.07) is 7.25. The van der Waals surface area contributed by atoms with Crippen LogP contribution in [0.25, 0.3) is 0 Å². The van der Waals surface area contributed by atoms with Crippen molar-refractivity contribution in [2.24, 2.45) is 0 Å². The van der Waals surface area contributed by atoms with Crippen molar-refractivity contribution in [2.75, 3.05) is 13.7 Å². The molecule has 1 unspecified atom stereocenters. The Morgan fingerprint density at radius 2 is 1.88 bits per heavy atom. The van der Waals surface area contributed by atoms with Crippen molar-refractivity contribution in [2.45, 2.75) is 18.8 Å². The SMILES string of the molecule is COc1ccc(COCC(C)S(=O)(=O)O)cc1. The quantitative estimate of drug-likeness (QED) is 0.784. The van der Waals surface area contributed by atoms with E-state index in [1.165, 1.54) is 6.92 Å². The van der Waals surface area contributed by atoms with E-state index in [9.17, 15) is 8.42 Å². The maximum atomic E-state index is 10.7. The first-order valence-electron chi connectivity index (χ1n) is 5.10. The van der Waals surface area contributed by atoms with Gasteiger partial charge in [-0.3, -0.25) is 4.55 Å². The van der Waals surface area contributed by atoms with Crippen LogP contribution in [0.5, 0.6) is 5.75 Å². The van der Waals surface area contributed by atoms with Gasteiger partial charge in [-0.15, -0.1) is 0 Å². The fraction of sp³-hybridized carbons (Fsp3) is 0.455. The number of rotatable bonds is 6. The van der Waals surface area contributed by atoms with Crippen LogP contribution in [0.1, 0.15) is 12.5 Å². The van der Waals surface area contributed by atoms with E-state index < -0.39 is 15.4 Å². The monoisotopic (exact) mass is 260 g/mol. The molecule has 6 heteroatoms. The molecule has 0 fully saturated rings. The van der Waals surface area contributed by atoms with Gasteiger partial charge >= 0.3 is 0 Å². The third kappa shape index (κ3) is 4.72. The van der Waals surface area contributed by atoms with E-state index in [2.05, 4.69) is 0 Å². The highest BCUT2D eigenvalue weighted by atomic mass is 32.2. The summed E-state index contributed by atoms with van der Waals surface area (Å²) >= 11 is 0. The zero-order valence-corrected chi connectivity index (χ0v) is 10.6. The first-order valence-corrected chi connectivity index (χ1v) is 6.61. The lowest BCUT2D eigenvalue weighted by Crippen LogP contribution is -2.22. The third-order valence-corrected chi connectivity index (χ3v) is 3.44. The predicted octanol–water partition coefficient (Wildman–Crippen LogP) is 1.49. The molecule has 1 N–H and O–H groups in total. The second kappa shape index (κ2) is 6.00. The van der Waals surface area contributed by atoms with Crippen molar-refractivity contribution in [3.8, 4) is 5.75 Å². The molecule has 0 saturated carbocycles. The van der Waals surface area contributed by atoms with E-state index >= 15 is 0 Å². The molecule has 96 valence electrons. The first-order chi connectivity index (χ1) is 7.93. The van der Waals surface area contributed by atoms with Crippen molar-refractivity contribution in [1.29, 1.82) is 0 Å². The van der Waals surface area contributed by atoms with Gasteiger partial charge < -0.3 is 9.47 Å². The van der Waals surface area contributed by atoms with Crippen molar-refractivity contribution in [1.82, 2.24) is 0 Å². The van der Waals surface area contributed by atoms with Crippen molar-refractivity contribution < 1.29 is 22.4 Å². The Morgan fingerprint density at radius 3 is 2.35 bits per heavy atom. The highest BCUT2D eigenvalue weighted by Gasteiger charge is 2.16. The summed E-state index contributed by atoms with van der Waals surface area (Å²) in [5.74, 6) is 0.750. The first kappa shape index (κ1) is 14.0. The Balaban J connectivity index is 2.41. The van der Waals surface area contributed by atoms with E-state index in [-0.39, 0.29) is 6.61 Å². The van der Waals surface area contributed by atoms with Crippen LogP contribution in [0.15, 0.2) is 24.3 Å². The van der Waals surface area contributed by atoms with E-state index in [0.717, 1.165) is 11.3 Å². The second-order valence-electron chi connectivity index (χ2n) is 3.69. The molecule has 0 aliphatic rings. The minimum atomic E-state index is -4.01. The van der Waals surface area contributed by atoms with Gasteiger partial charge in [-0.25, -0.2) is 0 Å². The minimum absolute atomic E-state index is 0.0368. The largest absolute Gasteiger partial charge is 0.497 e. The van der Waals surface area contributed by atoms with Crippen LogP contribution in [0.2, 0.25) is 0 Å². The van der Waals surface area contributed by atoms with Gasteiger partial charge in [0.1, 0.15) is 11.0 Å². The van der Waals surface area contributed by atoms with E-state index in [4.69, 9.17) is 14.0 Å². The van der Waals surface area contributed by atoms with Crippen molar-refractivity contribution in [3.05, 3.63) is 29.8 Å². The number of benzene rings is 1. The summed E-state index contributed by atoms with van der Waals surface area (Å²) in [6.07, 6.45) is 0. The zero-order valence-electron chi connectivity index (χ0n) is 9.79. The molecule has 0 spiro atoms. The Kier molecular flexibility index (Phi) is 4.92. The highest BCUT2D eigenvalue weighted by Crippen LogP contribution is 2.12. The maximum Gasteiger partial charge on any atom is 0.269 e. The average Bonchev–Trinajstić information content (AvgIpc) is 2.28. The average molecular weight is 260 g/mol. The molecule has 5 nitrogen and oxygen atoms in total. The molecule has 0 heterocycles. The van der Waals surface area contributed by atoms with Gasteiger partial charge in [0.05, 0.1) is 20.3 Å². The second-order valence-corrected chi connectivity index (χ2v) is 5.52. The fourth-order valence-electron chi connectivity index (χ4n) is 1.15. The summed E-state index contributed by atoms with van der Waals surface area (Å²) in [7, 11) is -2.43. The van der Waals surface area contributed by atoms with Crippen LogP contribution in [0.3, 0.4) is 0 Å². The Hall–Kier alpha value is -1.11. The molecular formula is C11H16O5S. The normalized spacial score (nSPS) is 13.4. The third-order valence-electron chi connectivity index (χ3n) is 2.29. The van der Waals surface area contributed by atoms with Crippen LogP contribution < -0.4 is 4.74 Å². The Labute approximate surface area is 101 Å². The van der Waals surface area contributed by atoms with Crippen molar-refractivity contribution in [3.63, 3.8) is 0 Å². The highest BCUT2D eigenvalue weighted by molar-refractivity contribution is 7.86. The number of hydrogen-bond acceptors (Lipinski definition) is 4. The molecular weight excluding hydrogens is 244 g/mol. The van der Waals surface area contributed by atoms with E-state index in [0.29, 0.717) is 6.61 Å². The molecule has 1 rings (SSSR count). The molecule has 0 amide bonds. The maximum absolute atomic E-state index is 10.7. The minimum Gasteiger partial charge on any atom is -0.497 e. The Morgan fingerprint density at radius 1 is 1.29 bits per heavy atom. The summed E-state index contributed by atoms with van der Waals surface area (Å²) in [4.78, 5) is 0. The summed E-state index contributed by atoms with van der Waals surface area (Å²) in [5.41, 5.74) is 0.910. The lowest BCUT2D eigenvalue weighted by molar-refractivity contribution is 0.121. The van der Waals surface area contributed by atoms with E-state index in [1.54, 1.807) is 19.2 Å². The molecule has 1 aromatic rings. The number of methoxy groups -OCH3 is 1. The van der Waals surface area contributed by atoms with E-state index in [1.807, 2.05) is 12.1 Å². The zero-order chi connectivity index (χ0) is 12.9. The smallest absolute Gasteiger partial charge is 0.269 e. The fourth-order valence-corrected chi connectivity index (χ4v) is 1.42. The van der Waals surface area contributed by atoms with Crippen molar-refractivity contribution >= 4 is 10.1 Å². The van der Waals surface area contributed by atoms with Gasteiger partial charge in [0.15, 0.2) is 0 Å². The van der Waals surface area contributed by atoms with Gasteiger partial charge in [-0.2, -0.15) is 8.42 Å². The van der Waals surface area contributed by atoms with Crippen LogP contribution in [0, 0.1) is 0 Å². The molecule has 0 saturated heterocycles. The van der Waals surface area contributed by atoms with Gasteiger partial charge in [0.25, 0.3) is 10.1 Å². The summed E-state index contributed by atoms with van der Waals surface area (Å²) in [5, 5.41) is -0.916. The standard InChI is InChI=1S/C11H16O5S/c1-9(17(12,13)14)7-16-8-10-3-5-11(15-2)6-4-10/h3-6,9H,7-8H2,1-2H3,(H,12,13,14). The number of hydrogen-bond donors (Lipinski definition) is 1. The molecule has 0 radical (unpaired) electrons. The molecule has 1 atom stereocenters. The molecule has 1 aromatic carbocycles. The molecule has 17 heavy (non-hydrogen) atoms. The van der Waals surface area contributed by atoms with Gasteiger partial charge in [0.2, 0.25) is 0 Å². The summed E-state index contributed by atoms with van der Waals surface area (Å²) < 4.78 is 40.4. The molecule has 0 bridgehead atoms. The van der Waals surface area contributed by atoms with Gasteiger partial charge in [0, 0.05) is 0 Å². The summed E-state index contributed by atoms with van der Waals surface area (Å²) in [6.45, 7) is 1.65. The molecule has 0 aromatic heterocycles. The van der Waals surface area contributed by atoms with Crippen LogP contribution in [0.4, 0.5) is 0 Å². The van der Waals surface area contributed by atoms with Crippen LogP contribution in [-0.2, 0) is 21.5 Å². The van der Waals surface area contributed by atoms with Crippen LogP contribution in [-0.4, -0.2) is 31.9 Å².